The van der Waals surface area contributed by atoms with E-state index in [0.717, 1.165) is 27.7 Å². The van der Waals surface area contributed by atoms with Crippen LogP contribution >= 0.6 is 0 Å². The second kappa shape index (κ2) is 9.13. The van der Waals surface area contributed by atoms with E-state index in [1.165, 1.54) is 11.8 Å². The van der Waals surface area contributed by atoms with Gasteiger partial charge in [0.15, 0.2) is 0 Å². The van der Waals surface area contributed by atoms with Crippen LogP contribution in [-0.2, 0) is 19.9 Å². The van der Waals surface area contributed by atoms with Crippen LogP contribution in [0.1, 0.15) is 36.1 Å². The average molecular weight is 504 g/mol. The number of hydrogen-bond acceptors (Lipinski definition) is 6. The molecule has 36 heavy (non-hydrogen) atoms. The van der Waals surface area contributed by atoms with E-state index in [9.17, 15) is 18.0 Å². The molecule has 5 rings (SSSR count). The number of carbonyl (C=O) groups is 1. The van der Waals surface area contributed by atoms with Crippen molar-refractivity contribution in [2.75, 3.05) is 45.3 Å². The molecule has 5 heterocycles. The number of anilines is 1. The lowest BCUT2D eigenvalue weighted by molar-refractivity contribution is -0.154. The van der Waals surface area contributed by atoms with Crippen molar-refractivity contribution in [3.63, 3.8) is 0 Å². The van der Waals surface area contributed by atoms with E-state index >= 15 is 0 Å². The maximum atomic E-state index is 12.8. The van der Waals surface area contributed by atoms with Crippen LogP contribution in [0.5, 0.6) is 0 Å². The number of aryl methyl sites for hydroxylation is 1. The second-order valence-electron chi connectivity index (χ2n) is 9.62. The van der Waals surface area contributed by atoms with Gasteiger partial charge in [-0.15, -0.1) is 0 Å². The highest BCUT2D eigenvalue weighted by molar-refractivity contribution is 5.92. The van der Waals surface area contributed by atoms with Crippen molar-refractivity contribution in [2.24, 2.45) is 0 Å². The number of carbonyl (C=O) groups excluding carboxylic acids is 1. The molecular formula is C25H28F3N5O3. The number of hydrogen-bond donors (Lipinski definition) is 1. The van der Waals surface area contributed by atoms with Crippen LogP contribution in [0, 0.1) is 6.92 Å². The topological polar surface area (TPSA) is 81.5 Å². The summed E-state index contributed by atoms with van der Waals surface area (Å²) in [6, 6.07) is 5.70. The molecule has 1 atom stereocenters. The first-order chi connectivity index (χ1) is 17.1. The summed E-state index contributed by atoms with van der Waals surface area (Å²) in [6.45, 7) is 4.07. The molecule has 3 aromatic heterocycles. The summed E-state index contributed by atoms with van der Waals surface area (Å²) in [7, 11) is 1.65. The lowest BCUT2D eigenvalue weighted by atomic mass is 9.91. The zero-order valence-electron chi connectivity index (χ0n) is 20.4. The molecule has 0 bridgehead atoms. The van der Waals surface area contributed by atoms with Crippen molar-refractivity contribution in [1.29, 1.82) is 0 Å². The first-order valence-electron chi connectivity index (χ1n) is 11.8. The van der Waals surface area contributed by atoms with Crippen molar-refractivity contribution in [2.45, 2.75) is 38.0 Å². The Morgan fingerprint density at radius 3 is 2.72 bits per heavy atom. The summed E-state index contributed by atoms with van der Waals surface area (Å²) in [5, 5.41) is 3.52. The van der Waals surface area contributed by atoms with Gasteiger partial charge in [-0.25, -0.2) is 9.97 Å². The smallest absolute Gasteiger partial charge is 0.378 e. The molecule has 2 aliphatic heterocycles. The van der Waals surface area contributed by atoms with Crippen LogP contribution in [0.15, 0.2) is 30.6 Å². The molecule has 0 radical (unpaired) electrons. The summed E-state index contributed by atoms with van der Waals surface area (Å²) in [5.74, 6) is 0.721. The van der Waals surface area contributed by atoms with Gasteiger partial charge in [-0.05, 0) is 30.2 Å². The Balaban J connectivity index is 1.58. The van der Waals surface area contributed by atoms with E-state index in [-0.39, 0.29) is 11.8 Å². The van der Waals surface area contributed by atoms with E-state index in [1.807, 2.05) is 29.8 Å². The van der Waals surface area contributed by atoms with Gasteiger partial charge in [0.2, 0.25) is 5.91 Å². The SMILES string of the molecule is CO[C@@]1(c2cc(C)cc(-n3cc(C4CN(CC(F)(F)F)C4)c4cnc(NC(C)=O)cc43)n2)CCOC1. The number of amides is 1. The number of methoxy groups -OCH3 is 1. The van der Waals surface area contributed by atoms with Gasteiger partial charge in [0, 0.05) is 69.9 Å². The zero-order chi connectivity index (χ0) is 25.7. The molecule has 0 spiro atoms. The Labute approximate surface area is 206 Å². The highest BCUT2D eigenvalue weighted by Gasteiger charge is 2.40. The number of alkyl halides is 3. The van der Waals surface area contributed by atoms with Crippen LogP contribution < -0.4 is 5.32 Å². The Kier molecular flexibility index (Phi) is 6.26. The molecule has 192 valence electrons. The molecule has 0 aliphatic carbocycles. The zero-order valence-corrected chi connectivity index (χ0v) is 20.4. The van der Waals surface area contributed by atoms with Crippen molar-refractivity contribution in [1.82, 2.24) is 19.4 Å². The number of aromatic nitrogens is 3. The predicted octanol–water partition coefficient (Wildman–Crippen LogP) is 3.91. The first-order valence-corrected chi connectivity index (χ1v) is 11.8. The Morgan fingerprint density at radius 2 is 2.08 bits per heavy atom. The fraction of sp³-hybridized carbons (Fsp3) is 0.480. The van der Waals surface area contributed by atoms with Gasteiger partial charge in [0.25, 0.3) is 0 Å². The number of halogens is 3. The maximum absolute atomic E-state index is 12.8. The van der Waals surface area contributed by atoms with Gasteiger partial charge < -0.3 is 19.4 Å². The molecule has 0 saturated carbocycles. The molecule has 3 aromatic rings. The molecule has 8 nitrogen and oxygen atoms in total. The highest BCUT2D eigenvalue weighted by Crippen LogP contribution is 2.38. The molecule has 2 saturated heterocycles. The fourth-order valence-electron chi connectivity index (χ4n) is 5.08. The summed E-state index contributed by atoms with van der Waals surface area (Å²) < 4.78 is 51.9. The van der Waals surface area contributed by atoms with Crippen molar-refractivity contribution in [3.8, 4) is 5.82 Å². The highest BCUT2D eigenvalue weighted by atomic mass is 19.4. The Hall–Kier alpha value is -3.02. The van der Waals surface area contributed by atoms with Crippen LogP contribution in [0.3, 0.4) is 0 Å². The van der Waals surface area contributed by atoms with Gasteiger partial charge >= 0.3 is 6.18 Å². The number of likely N-dealkylation sites (tertiary alicyclic amines) is 1. The minimum Gasteiger partial charge on any atom is -0.378 e. The van der Waals surface area contributed by atoms with E-state index in [1.54, 1.807) is 19.4 Å². The van der Waals surface area contributed by atoms with Gasteiger partial charge in [-0.1, -0.05) is 0 Å². The molecule has 2 fully saturated rings. The van der Waals surface area contributed by atoms with Crippen LogP contribution in [0.2, 0.25) is 0 Å². The lowest BCUT2D eigenvalue weighted by Crippen LogP contribution is -2.49. The minimum absolute atomic E-state index is 0.0673. The van der Waals surface area contributed by atoms with E-state index in [2.05, 4.69) is 10.3 Å². The third-order valence-corrected chi connectivity index (χ3v) is 6.87. The third kappa shape index (κ3) is 4.70. The maximum Gasteiger partial charge on any atom is 0.401 e. The van der Waals surface area contributed by atoms with E-state index in [0.29, 0.717) is 44.4 Å². The van der Waals surface area contributed by atoms with Gasteiger partial charge in [0.05, 0.1) is 24.4 Å². The number of fused-ring (bicyclic) bond motifs is 1. The van der Waals surface area contributed by atoms with Crippen LogP contribution in [-0.4, -0.2) is 71.5 Å². The number of pyridine rings is 2. The first kappa shape index (κ1) is 24.7. The van der Waals surface area contributed by atoms with Crippen LogP contribution in [0.25, 0.3) is 16.7 Å². The summed E-state index contributed by atoms with van der Waals surface area (Å²) in [6.07, 6.45) is 0.0500. The molecule has 11 heteroatoms. The second-order valence-corrected chi connectivity index (χ2v) is 9.62. The quantitative estimate of drug-likeness (QED) is 0.550. The predicted molar refractivity (Wildman–Crippen MR) is 127 cm³/mol. The van der Waals surface area contributed by atoms with Crippen molar-refractivity contribution >= 4 is 22.6 Å². The largest absolute Gasteiger partial charge is 0.401 e. The molecule has 0 aromatic carbocycles. The number of rotatable bonds is 6. The van der Waals surface area contributed by atoms with Crippen molar-refractivity contribution < 1.29 is 27.4 Å². The van der Waals surface area contributed by atoms with Crippen LogP contribution in [0.4, 0.5) is 19.0 Å². The van der Waals surface area contributed by atoms with E-state index in [4.69, 9.17) is 14.5 Å². The monoisotopic (exact) mass is 503 g/mol. The molecule has 2 aliphatic rings. The number of ether oxygens (including phenoxy) is 2. The normalized spacial score (nSPS) is 21.2. The summed E-state index contributed by atoms with van der Waals surface area (Å²) in [4.78, 5) is 22.3. The molecule has 1 N–H and O–H groups in total. The summed E-state index contributed by atoms with van der Waals surface area (Å²) >= 11 is 0. The summed E-state index contributed by atoms with van der Waals surface area (Å²) in [5.41, 5.74) is 2.77. The average Bonchev–Trinajstić information content (AvgIpc) is 3.40. The fourth-order valence-corrected chi connectivity index (χ4v) is 5.08. The standard InChI is InChI=1S/C25H28F3N5O3/c1-15-6-21(24(35-3)4-5-36-14-24)31-23(7-15)33-12-19(17-10-32(11-17)13-25(26,27)28)18-9-29-22(8-20(18)33)30-16(2)34/h6-9,12,17H,4-5,10-11,13-14H2,1-3H3,(H,29,30,34)/t24-/m0/s1. The van der Waals surface area contributed by atoms with Gasteiger partial charge in [0.1, 0.15) is 17.2 Å². The van der Waals surface area contributed by atoms with Crippen molar-refractivity contribution in [3.05, 3.63) is 47.4 Å². The molecular weight excluding hydrogens is 475 g/mol. The Morgan fingerprint density at radius 1 is 1.31 bits per heavy atom. The third-order valence-electron chi connectivity index (χ3n) is 6.87. The van der Waals surface area contributed by atoms with Gasteiger partial charge in [-0.3, -0.25) is 9.69 Å². The number of nitrogens with one attached hydrogen (secondary N) is 1. The molecule has 1 amide bonds. The molecule has 0 unspecified atom stereocenters. The van der Waals surface area contributed by atoms with E-state index < -0.39 is 18.3 Å². The Bertz CT molecular complexity index is 1290. The number of nitrogens with zero attached hydrogens (tertiary/aromatic N) is 4. The van der Waals surface area contributed by atoms with Gasteiger partial charge in [-0.2, -0.15) is 13.2 Å². The lowest BCUT2D eigenvalue weighted by Gasteiger charge is -2.39. The minimum atomic E-state index is -4.23.